The van der Waals surface area contributed by atoms with E-state index in [-0.39, 0.29) is 0 Å². The molecule has 0 unspecified atom stereocenters. The predicted molar refractivity (Wildman–Crippen MR) is 241 cm³/mol. The molecule has 0 amide bonds. The van der Waals surface area contributed by atoms with Gasteiger partial charge in [0.15, 0.2) is 0 Å². The van der Waals surface area contributed by atoms with E-state index in [1.54, 1.807) is 0 Å². The normalized spacial score (nSPS) is 11.8. The summed E-state index contributed by atoms with van der Waals surface area (Å²) in [5.74, 6) is 0. The lowest BCUT2D eigenvalue weighted by Gasteiger charge is -2.26. The third-order valence-corrected chi connectivity index (χ3v) is 11.6. The second kappa shape index (κ2) is 12.9. The maximum absolute atomic E-state index is 6.25. The highest BCUT2D eigenvalue weighted by Crippen LogP contribution is 2.42. The molecule has 0 spiro atoms. The average molecular weight is 743 g/mol. The van der Waals surface area contributed by atoms with Crippen LogP contribution in [0.5, 0.6) is 0 Å². The molecule has 0 saturated carbocycles. The first kappa shape index (κ1) is 32.4. The molecule has 0 aliphatic heterocycles. The van der Waals surface area contributed by atoms with Gasteiger partial charge in [-0.2, -0.15) is 0 Å². The maximum Gasteiger partial charge on any atom is 0.136 e. The van der Waals surface area contributed by atoms with E-state index in [0.717, 1.165) is 94.4 Å². The Bertz CT molecular complexity index is 3500. The maximum atomic E-state index is 6.25. The van der Waals surface area contributed by atoms with Crippen LogP contribution in [0.3, 0.4) is 0 Å². The summed E-state index contributed by atoms with van der Waals surface area (Å²) >= 11 is 0. The van der Waals surface area contributed by atoms with E-state index < -0.39 is 0 Å². The third kappa shape index (κ3) is 5.16. The lowest BCUT2D eigenvalue weighted by atomic mass is 10.0. The van der Waals surface area contributed by atoms with Crippen molar-refractivity contribution in [2.75, 3.05) is 4.90 Å². The summed E-state index contributed by atoms with van der Waals surface area (Å²) in [7, 11) is 0. The van der Waals surface area contributed by atoms with Crippen LogP contribution in [0.1, 0.15) is 0 Å². The summed E-state index contributed by atoms with van der Waals surface area (Å²) in [6.07, 6.45) is 0. The van der Waals surface area contributed by atoms with E-state index in [4.69, 9.17) is 8.83 Å². The van der Waals surface area contributed by atoms with Crippen molar-refractivity contribution in [1.82, 2.24) is 4.57 Å². The minimum atomic E-state index is 0.895. The summed E-state index contributed by atoms with van der Waals surface area (Å²) in [5.41, 5.74) is 14.8. The lowest BCUT2D eigenvalue weighted by Crippen LogP contribution is -2.10. The fourth-order valence-corrected chi connectivity index (χ4v) is 8.82. The Morgan fingerprint density at radius 3 is 1.50 bits per heavy atom. The van der Waals surface area contributed by atoms with Crippen molar-refractivity contribution in [3.8, 4) is 27.9 Å². The van der Waals surface area contributed by atoms with Crippen LogP contribution in [0.15, 0.2) is 215 Å². The van der Waals surface area contributed by atoms with E-state index >= 15 is 0 Å². The van der Waals surface area contributed by atoms with Crippen LogP contribution in [0, 0.1) is 0 Å². The minimum Gasteiger partial charge on any atom is -0.456 e. The Morgan fingerprint density at radius 2 is 0.776 bits per heavy atom. The zero-order chi connectivity index (χ0) is 38.2. The van der Waals surface area contributed by atoms with Gasteiger partial charge in [0, 0.05) is 55.1 Å². The van der Waals surface area contributed by atoms with Gasteiger partial charge in [-0.05, 0) is 113 Å². The average Bonchev–Trinajstić information content (AvgIpc) is 3.96. The van der Waals surface area contributed by atoms with E-state index in [0.29, 0.717) is 0 Å². The van der Waals surface area contributed by atoms with E-state index in [9.17, 15) is 0 Å². The van der Waals surface area contributed by atoms with Gasteiger partial charge < -0.3 is 18.3 Å². The molecular weight excluding hydrogens is 709 g/mol. The zero-order valence-electron chi connectivity index (χ0n) is 31.3. The van der Waals surface area contributed by atoms with Crippen molar-refractivity contribution in [2.45, 2.75) is 0 Å². The third-order valence-electron chi connectivity index (χ3n) is 11.6. The lowest BCUT2D eigenvalue weighted by molar-refractivity contribution is 0.668. The van der Waals surface area contributed by atoms with Gasteiger partial charge in [-0.3, -0.25) is 0 Å². The van der Waals surface area contributed by atoms with Crippen LogP contribution in [0.4, 0.5) is 17.1 Å². The molecule has 4 nitrogen and oxygen atoms in total. The van der Waals surface area contributed by atoms with Gasteiger partial charge in [0.2, 0.25) is 0 Å². The van der Waals surface area contributed by atoms with Crippen LogP contribution >= 0.6 is 0 Å². The Morgan fingerprint density at radius 1 is 0.293 bits per heavy atom. The molecule has 12 aromatic rings. The molecule has 3 heterocycles. The first-order valence-electron chi connectivity index (χ1n) is 19.7. The SMILES string of the molecule is c1ccc(-n2c3ccccc3c3ccc(N(c4ccc(-c5ccc6c(c5)oc5ccccc56)cc4)c4ccc(-c5ccc6oc7ccccc7c6c5)cc4)cc32)cc1. The molecule has 0 aliphatic rings. The van der Waals surface area contributed by atoms with Crippen molar-refractivity contribution in [2.24, 2.45) is 0 Å². The molecule has 12 rings (SSSR count). The molecule has 0 bridgehead atoms. The molecular formula is C54H34N2O2. The second-order valence-electron chi connectivity index (χ2n) is 14.9. The number of nitrogens with zero attached hydrogens (tertiary/aromatic N) is 2. The van der Waals surface area contributed by atoms with Crippen LogP contribution in [0.2, 0.25) is 0 Å². The van der Waals surface area contributed by atoms with Gasteiger partial charge in [0.05, 0.1) is 11.0 Å². The molecule has 0 saturated heterocycles. The number of fused-ring (bicyclic) bond motifs is 9. The van der Waals surface area contributed by atoms with Crippen molar-refractivity contribution in [3.05, 3.63) is 206 Å². The Balaban J connectivity index is 0.988. The van der Waals surface area contributed by atoms with Gasteiger partial charge in [-0.1, -0.05) is 115 Å². The number of anilines is 3. The minimum absolute atomic E-state index is 0.895. The van der Waals surface area contributed by atoms with E-state index in [2.05, 4.69) is 191 Å². The van der Waals surface area contributed by atoms with Gasteiger partial charge in [-0.25, -0.2) is 0 Å². The molecule has 272 valence electrons. The summed E-state index contributed by atoms with van der Waals surface area (Å²) in [5, 5.41) is 6.98. The smallest absolute Gasteiger partial charge is 0.136 e. The number of hydrogen-bond donors (Lipinski definition) is 0. The van der Waals surface area contributed by atoms with Crippen LogP contribution in [-0.4, -0.2) is 4.57 Å². The van der Waals surface area contributed by atoms with Gasteiger partial charge in [-0.15, -0.1) is 0 Å². The number of para-hydroxylation sites is 4. The van der Waals surface area contributed by atoms with Crippen LogP contribution in [-0.2, 0) is 0 Å². The van der Waals surface area contributed by atoms with Crippen LogP contribution in [0.25, 0.3) is 93.6 Å². The number of benzene rings is 9. The summed E-state index contributed by atoms with van der Waals surface area (Å²) < 4.78 is 14.8. The summed E-state index contributed by atoms with van der Waals surface area (Å²) in [4.78, 5) is 2.36. The first-order valence-corrected chi connectivity index (χ1v) is 19.7. The highest BCUT2D eigenvalue weighted by Gasteiger charge is 2.19. The highest BCUT2D eigenvalue weighted by atomic mass is 16.3. The Hall–Kier alpha value is -7.82. The quantitative estimate of drug-likeness (QED) is 0.170. The Kier molecular flexibility index (Phi) is 7.20. The number of rotatable bonds is 6. The van der Waals surface area contributed by atoms with E-state index in [1.807, 2.05) is 24.3 Å². The summed E-state index contributed by atoms with van der Waals surface area (Å²) in [6, 6.07) is 73.4. The number of furan rings is 2. The molecule has 0 radical (unpaired) electrons. The van der Waals surface area contributed by atoms with Gasteiger partial charge in [0.1, 0.15) is 22.3 Å². The van der Waals surface area contributed by atoms with Gasteiger partial charge in [0.25, 0.3) is 0 Å². The van der Waals surface area contributed by atoms with Crippen molar-refractivity contribution in [1.29, 1.82) is 0 Å². The monoisotopic (exact) mass is 742 g/mol. The standard InChI is InChI=1S/C54H34N2O2/c1-2-10-39(11-3-1)56-49-15-7-4-12-43(49)44-30-28-42(34-50(44)56)55(40-24-18-35(19-25-40)37-23-31-53-48(32-37)46-14-6-9-17-52(46)57-53)41-26-20-36(21-27-41)38-22-29-47-45-13-5-8-16-51(45)58-54(47)33-38/h1-34H. The molecule has 0 fully saturated rings. The largest absolute Gasteiger partial charge is 0.456 e. The van der Waals surface area contributed by atoms with Crippen molar-refractivity contribution >= 4 is 82.7 Å². The van der Waals surface area contributed by atoms with Gasteiger partial charge >= 0.3 is 0 Å². The molecule has 0 N–H and O–H groups in total. The fourth-order valence-electron chi connectivity index (χ4n) is 8.82. The molecule has 3 aromatic heterocycles. The molecule has 0 aliphatic carbocycles. The second-order valence-corrected chi connectivity index (χ2v) is 14.9. The molecule has 0 atom stereocenters. The van der Waals surface area contributed by atoms with E-state index in [1.165, 1.54) is 16.3 Å². The Labute approximate surface area is 334 Å². The number of aromatic nitrogens is 1. The number of hydrogen-bond acceptors (Lipinski definition) is 3. The molecule has 4 heteroatoms. The van der Waals surface area contributed by atoms with Crippen LogP contribution < -0.4 is 4.90 Å². The highest BCUT2D eigenvalue weighted by molar-refractivity contribution is 6.11. The fraction of sp³-hybridized carbons (Fsp3) is 0. The molecule has 9 aromatic carbocycles. The zero-order valence-corrected chi connectivity index (χ0v) is 31.3. The predicted octanol–water partition coefficient (Wildman–Crippen LogP) is 15.4. The summed E-state index contributed by atoms with van der Waals surface area (Å²) in [6.45, 7) is 0. The van der Waals surface area contributed by atoms with Crippen molar-refractivity contribution < 1.29 is 8.83 Å². The topological polar surface area (TPSA) is 34.5 Å². The first-order chi connectivity index (χ1) is 28.7. The van der Waals surface area contributed by atoms with Crippen molar-refractivity contribution in [3.63, 3.8) is 0 Å². The molecule has 58 heavy (non-hydrogen) atoms.